The van der Waals surface area contributed by atoms with Crippen molar-refractivity contribution in [3.63, 3.8) is 0 Å². The molecule has 4 nitrogen and oxygen atoms in total. The van der Waals surface area contributed by atoms with Gasteiger partial charge in [0, 0.05) is 18.3 Å². The van der Waals surface area contributed by atoms with E-state index in [4.69, 9.17) is 9.47 Å². The van der Waals surface area contributed by atoms with Crippen LogP contribution in [0.5, 0.6) is 0 Å². The van der Waals surface area contributed by atoms with E-state index in [1.165, 1.54) is 18.4 Å². The summed E-state index contributed by atoms with van der Waals surface area (Å²) in [5, 5.41) is 0. The van der Waals surface area contributed by atoms with Crippen LogP contribution in [0, 0.1) is 29.1 Å². The molecule has 31 heavy (non-hydrogen) atoms. The highest BCUT2D eigenvalue weighted by atomic mass is 16.6. The number of ketones is 1. The van der Waals surface area contributed by atoms with Crippen molar-refractivity contribution in [3.8, 4) is 0 Å². The molecule has 5 aliphatic rings. The molecular weight excluding hydrogens is 388 g/mol. The predicted octanol–water partition coefficient (Wildman–Crippen LogP) is 5.81. The van der Waals surface area contributed by atoms with Gasteiger partial charge in [-0.15, -0.1) is 0 Å². The summed E-state index contributed by atoms with van der Waals surface area (Å²) >= 11 is 0. The molecule has 2 saturated carbocycles. The third kappa shape index (κ3) is 3.72. The van der Waals surface area contributed by atoms with E-state index in [9.17, 15) is 9.59 Å². The number of rotatable bonds is 5. The fraction of sp³-hybridized carbons (Fsp3) is 0.630. The van der Waals surface area contributed by atoms with E-state index in [-0.39, 0.29) is 18.0 Å². The van der Waals surface area contributed by atoms with Crippen molar-refractivity contribution in [2.24, 2.45) is 29.1 Å². The van der Waals surface area contributed by atoms with Gasteiger partial charge in [0.1, 0.15) is 5.76 Å². The maximum Gasteiger partial charge on any atom is 0.349 e. The Bertz CT molecular complexity index is 876. The quantitative estimate of drug-likeness (QED) is 0.525. The summed E-state index contributed by atoms with van der Waals surface area (Å²) < 4.78 is 11.6. The van der Waals surface area contributed by atoms with Gasteiger partial charge in [-0.05, 0) is 93.3 Å². The van der Waals surface area contributed by atoms with Crippen molar-refractivity contribution in [3.05, 3.63) is 47.5 Å². The number of esters is 1. The summed E-state index contributed by atoms with van der Waals surface area (Å²) in [4.78, 5) is 24.5. The Hall–Kier alpha value is -2.10. The van der Waals surface area contributed by atoms with Gasteiger partial charge in [0.25, 0.3) is 0 Å². The highest BCUT2D eigenvalue weighted by Crippen LogP contribution is 2.63. The molecule has 0 bridgehead atoms. The third-order valence-corrected chi connectivity index (χ3v) is 8.76. The Morgan fingerprint density at radius 3 is 2.87 bits per heavy atom. The Labute approximate surface area is 185 Å². The largest absolute Gasteiger partial charge is 0.486 e. The normalized spacial score (nSPS) is 36.4. The first-order valence-corrected chi connectivity index (χ1v) is 12.2. The minimum Gasteiger partial charge on any atom is -0.486 e. The maximum atomic E-state index is 12.6. The van der Waals surface area contributed by atoms with Crippen LogP contribution in [-0.2, 0) is 19.1 Å². The molecule has 0 aromatic carbocycles. The zero-order valence-corrected chi connectivity index (χ0v) is 18.6. The second-order valence-corrected chi connectivity index (χ2v) is 10.0. The van der Waals surface area contributed by atoms with Gasteiger partial charge in [-0.1, -0.05) is 24.6 Å². The van der Waals surface area contributed by atoms with Gasteiger partial charge in [-0.25, -0.2) is 4.79 Å². The van der Waals surface area contributed by atoms with Gasteiger partial charge >= 0.3 is 5.97 Å². The molecule has 0 saturated heterocycles. The highest BCUT2D eigenvalue weighted by Gasteiger charge is 2.56. The van der Waals surface area contributed by atoms with Crippen molar-refractivity contribution in [2.45, 2.75) is 71.1 Å². The lowest BCUT2D eigenvalue weighted by Crippen LogP contribution is -2.47. The molecule has 5 atom stereocenters. The van der Waals surface area contributed by atoms with Crippen LogP contribution in [0.15, 0.2) is 47.5 Å². The second kappa shape index (κ2) is 8.44. The number of hydrogen-bond donors (Lipinski definition) is 0. The van der Waals surface area contributed by atoms with Crippen LogP contribution in [0.1, 0.15) is 71.1 Å². The summed E-state index contributed by atoms with van der Waals surface area (Å²) in [6.45, 7) is 2.24. The lowest BCUT2D eigenvalue weighted by molar-refractivity contribution is -0.147. The predicted molar refractivity (Wildman–Crippen MR) is 119 cm³/mol. The van der Waals surface area contributed by atoms with Crippen molar-refractivity contribution in [1.82, 2.24) is 0 Å². The molecule has 2 fully saturated rings. The van der Waals surface area contributed by atoms with E-state index in [1.807, 2.05) is 18.2 Å². The van der Waals surface area contributed by atoms with Crippen LogP contribution in [0.4, 0.5) is 0 Å². The summed E-state index contributed by atoms with van der Waals surface area (Å²) in [6, 6.07) is 0. The number of hydrogen-bond acceptors (Lipinski definition) is 4. The van der Waals surface area contributed by atoms with Crippen LogP contribution in [-0.4, -0.2) is 18.4 Å². The van der Waals surface area contributed by atoms with E-state index < -0.39 is 0 Å². The topological polar surface area (TPSA) is 52.6 Å². The molecule has 0 N–H and O–H groups in total. The lowest BCUT2D eigenvalue weighted by Gasteiger charge is -2.54. The van der Waals surface area contributed by atoms with E-state index in [0.29, 0.717) is 35.9 Å². The van der Waals surface area contributed by atoms with Crippen LogP contribution < -0.4 is 0 Å². The molecule has 0 amide bonds. The lowest BCUT2D eigenvalue weighted by atomic mass is 9.51. The van der Waals surface area contributed by atoms with Crippen molar-refractivity contribution in [2.75, 3.05) is 6.61 Å². The standard InChI is InChI=1S/C27H34O4/c1-2-27-15-14-22-21-11-9-19(28)16-18(21)8-10-23(22)24(27)12-13-25(27)31-26(29)17-30-20-6-4-3-5-7-20/h3-4,6,13,16,21-24H,2,5,7-12,14-15,17H2,1H3. The van der Waals surface area contributed by atoms with E-state index in [2.05, 4.69) is 19.1 Å². The van der Waals surface area contributed by atoms with Gasteiger partial charge in [-0.3, -0.25) is 4.79 Å². The summed E-state index contributed by atoms with van der Waals surface area (Å²) in [7, 11) is 0. The number of carbonyl (C=O) groups is 2. The molecule has 166 valence electrons. The van der Waals surface area contributed by atoms with Crippen molar-refractivity contribution < 1.29 is 19.1 Å². The van der Waals surface area contributed by atoms with E-state index >= 15 is 0 Å². The monoisotopic (exact) mass is 422 g/mol. The fourth-order valence-electron chi connectivity index (χ4n) is 7.30. The number of fused-ring (bicyclic) bond motifs is 5. The highest BCUT2D eigenvalue weighted by molar-refractivity contribution is 5.91. The zero-order valence-electron chi connectivity index (χ0n) is 18.6. The smallest absolute Gasteiger partial charge is 0.349 e. The fourth-order valence-corrected chi connectivity index (χ4v) is 7.30. The third-order valence-electron chi connectivity index (χ3n) is 8.76. The van der Waals surface area contributed by atoms with E-state index in [0.717, 1.165) is 56.5 Å². The Kier molecular flexibility index (Phi) is 5.66. The van der Waals surface area contributed by atoms with Crippen LogP contribution in [0.3, 0.4) is 0 Å². The molecule has 5 aliphatic carbocycles. The molecule has 0 heterocycles. The molecular formula is C27H34O4. The summed E-state index contributed by atoms with van der Waals surface area (Å²) in [5.41, 5.74) is 1.41. The number of allylic oxidation sites excluding steroid dienone is 8. The molecule has 0 spiro atoms. The van der Waals surface area contributed by atoms with Gasteiger partial charge in [-0.2, -0.15) is 0 Å². The maximum absolute atomic E-state index is 12.6. The molecule has 5 rings (SSSR count). The molecule has 5 unspecified atom stereocenters. The van der Waals surface area contributed by atoms with Crippen LogP contribution >= 0.6 is 0 Å². The number of carbonyl (C=O) groups excluding carboxylic acids is 2. The number of ether oxygens (including phenoxy) is 2. The first-order valence-electron chi connectivity index (χ1n) is 12.2. The SMILES string of the molecule is CCC12CCC3C4CCC(=O)C=C4CCC3C1CC=C2OC(=O)COC1=CC=CCC1. The van der Waals surface area contributed by atoms with Crippen molar-refractivity contribution in [1.29, 1.82) is 0 Å². The van der Waals surface area contributed by atoms with Gasteiger partial charge in [0.05, 0.1) is 5.76 Å². The van der Waals surface area contributed by atoms with Gasteiger partial charge in [0.2, 0.25) is 0 Å². The van der Waals surface area contributed by atoms with Crippen LogP contribution in [0.2, 0.25) is 0 Å². The average molecular weight is 423 g/mol. The van der Waals surface area contributed by atoms with Gasteiger partial charge in [0.15, 0.2) is 12.4 Å². The van der Waals surface area contributed by atoms with E-state index in [1.54, 1.807) is 0 Å². The second-order valence-electron chi connectivity index (χ2n) is 10.0. The van der Waals surface area contributed by atoms with Crippen LogP contribution in [0.25, 0.3) is 0 Å². The Balaban J connectivity index is 1.26. The first-order chi connectivity index (χ1) is 15.1. The summed E-state index contributed by atoms with van der Waals surface area (Å²) in [6.07, 6.45) is 20.3. The Morgan fingerprint density at radius 1 is 1.16 bits per heavy atom. The molecule has 0 aromatic heterocycles. The first kappa shape index (κ1) is 20.8. The average Bonchev–Trinajstić information content (AvgIpc) is 3.16. The minimum absolute atomic E-state index is 0.00459. The molecule has 4 heteroatoms. The molecule has 0 radical (unpaired) electrons. The Morgan fingerprint density at radius 2 is 2.06 bits per heavy atom. The van der Waals surface area contributed by atoms with Gasteiger partial charge < -0.3 is 9.47 Å². The minimum atomic E-state index is -0.281. The molecule has 0 aliphatic heterocycles. The zero-order chi connectivity index (χ0) is 21.4. The van der Waals surface area contributed by atoms with Crippen molar-refractivity contribution >= 4 is 11.8 Å². The summed E-state index contributed by atoms with van der Waals surface area (Å²) in [5.74, 6) is 4.33. The molecule has 0 aromatic rings.